The molecule has 0 aromatic heterocycles. The fraction of sp³-hybridized carbons (Fsp3) is 1.00. The highest BCUT2D eigenvalue weighted by atomic mass is 32.2. The van der Waals surface area contributed by atoms with Crippen LogP contribution in [0.3, 0.4) is 0 Å². The van der Waals surface area contributed by atoms with E-state index >= 15 is 0 Å². The predicted octanol–water partition coefficient (Wildman–Crippen LogP) is 1.63. The van der Waals surface area contributed by atoms with Crippen LogP contribution in [0.4, 0.5) is 0 Å². The van der Waals surface area contributed by atoms with Crippen LogP contribution in [0.25, 0.3) is 0 Å². The molecule has 0 amide bonds. The molecule has 0 aromatic rings. The molecule has 0 bridgehead atoms. The van der Waals surface area contributed by atoms with Crippen LogP contribution in [-0.2, 0) is 0 Å². The second-order valence-electron chi connectivity index (χ2n) is 6.18. The largest absolute Gasteiger partial charge is 0.329 e. The van der Waals surface area contributed by atoms with E-state index in [1.807, 2.05) is 0 Å². The first kappa shape index (κ1) is 14.6. The van der Waals surface area contributed by atoms with Crippen molar-refractivity contribution < 1.29 is 0 Å². The van der Waals surface area contributed by atoms with Gasteiger partial charge in [0, 0.05) is 55.3 Å². The zero-order chi connectivity index (χ0) is 13.2. The van der Waals surface area contributed by atoms with Gasteiger partial charge in [0.1, 0.15) is 0 Å². The van der Waals surface area contributed by atoms with Crippen molar-refractivity contribution in [1.82, 2.24) is 9.80 Å². The summed E-state index contributed by atoms with van der Waals surface area (Å²) in [6.45, 7) is 11.5. The van der Waals surface area contributed by atoms with Gasteiger partial charge in [0.25, 0.3) is 0 Å². The lowest BCUT2D eigenvalue weighted by Crippen LogP contribution is -2.64. The molecule has 0 saturated carbocycles. The lowest BCUT2D eigenvalue weighted by atomic mass is 9.84. The van der Waals surface area contributed by atoms with Gasteiger partial charge >= 0.3 is 0 Å². The molecule has 0 radical (unpaired) electrons. The maximum Gasteiger partial charge on any atom is 0.0359 e. The highest BCUT2D eigenvalue weighted by molar-refractivity contribution is 7.99. The average Bonchev–Trinajstić information content (AvgIpc) is 2.39. The highest BCUT2D eigenvalue weighted by Gasteiger charge is 2.41. The van der Waals surface area contributed by atoms with Crippen molar-refractivity contribution >= 4 is 11.8 Å². The number of rotatable bonds is 3. The number of hydrogen-bond donors (Lipinski definition) is 1. The molecule has 0 spiro atoms. The number of likely N-dealkylation sites (tertiary alicyclic amines) is 1. The molecule has 1 atom stereocenters. The maximum absolute atomic E-state index is 6.19. The Hall–Kier alpha value is 0.230. The van der Waals surface area contributed by atoms with E-state index in [4.69, 9.17) is 5.73 Å². The minimum absolute atomic E-state index is 0.284. The normalized spacial score (nSPS) is 30.8. The van der Waals surface area contributed by atoms with Crippen molar-refractivity contribution in [2.45, 2.75) is 51.2 Å². The van der Waals surface area contributed by atoms with Crippen LogP contribution in [0.5, 0.6) is 0 Å². The third-order valence-corrected chi connectivity index (χ3v) is 6.01. The van der Waals surface area contributed by atoms with Crippen LogP contribution in [-0.4, -0.2) is 65.1 Å². The SMILES string of the molecule is CC(C)N1CCC(CN)(N2CCSCC2C)CC1. The monoisotopic (exact) mass is 271 g/mol. The topological polar surface area (TPSA) is 32.5 Å². The summed E-state index contributed by atoms with van der Waals surface area (Å²) < 4.78 is 0. The van der Waals surface area contributed by atoms with E-state index in [9.17, 15) is 0 Å². The smallest absolute Gasteiger partial charge is 0.0359 e. The number of piperidine rings is 1. The van der Waals surface area contributed by atoms with E-state index in [0.717, 1.165) is 6.54 Å². The van der Waals surface area contributed by atoms with Gasteiger partial charge in [-0.3, -0.25) is 4.90 Å². The summed E-state index contributed by atoms with van der Waals surface area (Å²) in [6, 6.07) is 1.37. The third kappa shape index (κ3) is 2.87. The number of hydrogen-bond acceptors (Lipinski definition) is 4. The van der Waals surface area contributed by atoms with E-state index in [1.165, 1.54) is 44.0 Å². The van der Waals surface area contributed by atoms with Gasteiger partial charge in [-0.15, -0.1) is 0 Å². The zero-order valence-corrected chi connectivity index (χ0v) is 13.0. The Kier molecular flexibility index (Phi) is 4.98. The van der Waals surface area contributed by atoms with Crippen LogP contribution in [0.1, 0.15) is 33.6 Å². The molecule has 2 heterocycles. The van der Waals surface area contributed by atoms with E-state index in [-0.39, 0.29) is 5.54 Å². The first-order chi connectivity index (χ1) is 8.59. The molecule has 0 aromatic carbocycles. The van der Waals surface area contributed by atoms with Gasteiger partial charge in [0.15, 0.2) is 0 Å². The van der Waals surface area contributed by atoms with E-state index in [2.05, 4.69) is 42.3 Å². The molecular formula is C14H29N3S. The average molecular weight is 271 g/mol. The Morgan fingerprint density at radius 3 is 2.44 bits per heavy atom. The fourth-order valence-electron chi connectivity index (χ4n) is 3.50. The Morgan fingerprint density at radius 2 is 1.94 bits per heavy atom. The summed E-state index contributed by atoms with van der Waals surface area (Å²) in [5, 5.41) is 0. The molecule has 2 fully saturated rings. The summed E-state index contributed by atoms with van der Waals surface area (Å²) in [5.74, 6) is 2.55. The number of nitrogens with two attached hydrogens (primary N) is 1. The quantitative estimate of drug-likeness (QED) is 0.845. The Morgan fingerprint density at radius 1 is 1.28 bits per heavy atom. The van der Waals surface area contributed by atoms with Crippen LogP contribution in [0.15, 0.2) is 0 Å². The summed E-state index contributed by atoms with van der Waals surface area (Å²) >= 11 is 2.09. The fourth-order valence-corrected chi connectivity index (χ4v) is 4.51. The molecule has 2 N–H and O–H groups in total. The number of thioether (sulfide) groups is 1. The molecule has 2 aliphatic rings. The molecule has 0 aliphatic carbocycles. The van der Waals surface area contributed by atoms with Gasteiger partial charge in [0.2, 0.25) is 0 Å². The second-order valence-corrected chi connectivity index (χ2v) is 7.33. The summed E-state index contributed by atoms with van der Waals surface area (Å²) in [7, 11) is 0. The van der Waals surface area contributed by atoms with Crippen molar-refractivity contribution in [2.24, 2.45) is 5.73 Å². The zero-order valence-electron chi connectivity index (χ0n) is 12.2. The molecular weight excluding hydrogens is 242 g/mol. The van der Waals surface area contributed by atoms with Gasteiger partial charge in [0.05, 0.1) is 0 Å². The Balaban J connectivity index is 2.03. The van der Waals surface area contributed by atoms with E-state index in [1.54, 1.807) is 0 Å². The minimum Gasteiger partial charge on any atom is -0.329 e. The van der Waals surface area contributed by atoms with Crippen LogP contribution < -0.4 is 5.73 Å². The predicted molar refractivity (Wildman–Crippen MR) is 81.2 cm³/mol. The highest BCUT2D eigenvalue weighted by Crippen LogP contribution is 2.33. The van der Waals surface area contributed by atoms with Crippen molar-refractivity contribution in [2.75, 3.05) is 37.7 Å². The van der Waals surface area contributed by atoms with Gasteiger partial charge < -0.3 is 10.6 Å². The summed E-state index contributed by atoms with van der Waals surface area (Å²) in [4.78, 5) is 5.32. The van der Waals surface area contributed by atoms with Crippen molar-refractivity contribution in [1.29, 1.82) is 0 Å². The first-order valence-electron chi connectivity index (χ1n) is 7.38. The third-order valence-electron chi connectivity index (χ3n) is 4.82. The molecule has 2 rings (SSSR count). The van der Waals surface area contributed by atoms with Crippen LogP contribution in [0, 0.1) is 0 Å². The van der Waals surface area contributed by atoms with Gasteiger partial charge in [-0.2, -0.15) is 11.8 Å². The Labute approximate surface area is 116 Å². The van der Waals surface area contributed by atoms with Crippen LogP contribution in [0.2, 0.25) is 0 Å². The van der Waals surface area contributed by atoms with Gasteiger partial charge in [-0.1, -0.05) is 0 Å². The second kappa shape index (κ2) is 6.12. The van der Waals surface area contributed by atoms with Gasteiger partial charge in [-0.05, 0) is 33.6 Å². The van der Waals surface area contributed by atoms with Crippen molar-refractivity contribution in [3.05, 3.63) is 0 Å². The molecule has 1 unspecified atom stereocenters. The lowest BCUT2D eigenvalue weighted by molar-refractivity contribution is 0.00204. The lowest BCUT2D eigenvalue weighted by Gasteiger charge is -2.52. The molecule has 2 saturated heterocycles. The van der Waals surface area contributed by atoms with E-state index in [0.29, 0.717) is 12.1 Å². The van der Waals surface area contributed by atoms with E-state index < -0.39 is 0 Å². The first-order valence-corrected chi connectivity index (χ1v) is 8.53. The molecule has 106 valence electrons. The molecule has 4 heteroatoms. The maximum atomic E-state index is 6.19. The molecule has 18 heavy (non-hydrogen) atoms. The van der Waals surface area contributed by atoms with Gasteiger partial charge in [-0.25, -0.2) is 0 Å². The van der Waals surface area contributed by atoms with Crippen molar-refractivity contribution in [3.63, 3.8) is 0 Å². The summed E-state index contributed by atoms with van der Waals surface area (Å²) in [6.07, 6.45) is 2.49. The minimum atomic E-state index is 0.284. The van der Waals surface area contributed by atoms with Crippen LogP contribution >= 0.6 is 11.8 Å². The number of nitrogens with zero attached hydrogens (tertiary/aromatic N) is 2. The standard InChI is InChI=1S/C14H29N3S/c1-12(2)16-6-4-14(11-15,5-7-16)17-8-9-18-10-13(17)3/h12-13H,4-11,15H2,1-3H3. The van der Waals surface area contributed by atoms with Crippen molar-refractivity contribution in [3.8, 4) is 0 Å². The summed E-state index contributed by atoms with van der Waals surface area (Å²) in [5.41, 5.74) is 6.47. The Bertz CT molecular complexity index is 262. The molecule has 3 nitrogen and oxygen atoms in total. The molecule has 2 aliphatic heterocycles.